The highest BCUT2D eigenvalue weighted by atomic mass is 32.2. The summed E-state index contributed by atoms with van der Waals surface area (Å²) in [5.74, 6) is 0.600. The molecule has 2 aromatic heterocycles. The Labute approximate surface area is 93.6 Å². The molecule has 0 aliphatic carbocycles. The summed E-state index contributed by atoms with van der Waals surface area (Å²) in [6.45, 7) is 0.212. The zero-order valence-electron chi connectivity index (χ0n) is 9.03. The van der Waals surface area contributed by atoms with E-state index in [4.69, 9.17) is 0 Å². The normalized spacial score (nSPS) is 12.4. The zero-order chi connectivity index (χ0) is 11.8. The molecule has 0 saturated carbocycles. The molecule has 6 nitrogen and oxygen atoms in total. The molecule has 7 heteroatoms. The standard InChI is InChI=1S/C9H12N4O2S/c1-12(16(2,14)15)7-9-11-10-8-5-3-4-6-13(8)9/h3-6H,7H2,1-2H3. The van der Waals surface area contributed by atoms with Gasteiger partial charge in [0, 0.05) is 13.2 Å². The zero-order valence-corrected chi connectivity index (χ0v) is 9.85. The summed E-state index contributed by atoms with van der Waals surface area (Å²) in [4.78, 5) is 0. The van der Waals surface area contributed by atoms with Crippen molar-refractivity contribution in [1.29, 1.82) is 0 Å². The number of aromatic nitrogens is 3. The van der Waals surface area contributed by atoms with Crippen LogP contribution in [0.5, 0.6) is 0 Å². The minimum atomic E-state index is -3.20. The fraction of sp³-hybridized carbons (Fsp3) is 0.333. The highest BCUT2D eigenvalue weighted by molar-refractivity contribution is 7.88. The summed E-state index contributed by atoms with van der Waals surface area (Å²) >= 11 is 0. The highest BCUT2D eigenvalue weighted by Gasteiger charge is 2.14. The molecule has 0 aliphatic heterocycles. The molecule has 86 valence electrons. The van der Waals surface area contributed by atoms with Gasteiger partial charge in [-0.1, -0.05) is 6.07 Å². The van der Waals surface area contributed by atoms with Gasteiger partial charge >= 0.3 is 0 Å². The van der Waals surface area contributed by atoms with Crippen LogP contribution < -0.4 is 0 Å². The Morgan fingerprint density at radius 1 is 1.38 bits per heavy atom. The van der Waals surface area contributed by atoms with E-state index in [0.29, 0.717) is 11.5 Å². The summed E-state index contributed by atoms with van der Waals surface area (Å²) < 4.78 is 25.5. The maximum absolute atomic E-state index is 11.3. The molecule has 0 spiro atoms. The van der Waals surface area contributed by atoms with E-state index in [1.165, 1.54) is 11.4 Å². The summed E-state index contributed by atoms with van der Waals surface area (Å²) in [6, 6.07) is 5.52. The smallest absolute Gasteiger partial charge is 0.211 e. The van der Waals surface area contributed by atoms with Gasteiger partial charge in [-0.25, -0.2) is 8.42 Å². The molecule has 2 heterocycles. The van der Waals surface area contributed by atoms with Crippen molar-refractivity contribution in [3.05, 3.63) is 30.2 Å². The first-order chi connectivity index (χ1) is 7.48. The minimum absolute atomic E-state index is 0.212. The predicted octanol–water partition coefficient (Wildman–Crippen LogP) is 0.121. The van der Waals surface area contributed by atoms with Crippen LogP contribution >= 0.6 is 0 Å². The van der Waals surface area contributed by atoms with Gasteiger partial charge in [-0.2, -0.15) is 4.31 Å². The van der Waals surface area contributed by atoms with Gasteiger partial charge in [0.1, 0.15) is 0 Å². The van der Waals surface area contributed by atoms with Crippen LogP contribution in [0.1, 0.15) is 5.82 Å². The number of rotatable bonds is 3. The van der Waals surface area contributed by atoms with Crippen molar-refractivity contribution in [2.45, 2.75) is 6.54 Å². The molecule has 0 unspecified atom stereocenters. The van der Waals surface area contributed by atoms with Gasteiger partial charge in [-0.15, -0.1) is 10.2 Å². The van der Waals surface area contributed by atoms with Gasteiger partial charge in [-0.05, 0) is 12.1 Å². The molecule has 0 amide bonds. The van der Waals surface area contributed by atoms with Gasteiger partial charge in [0.2, 0.25) is 10.0 Å². The van der Waals surface area contributed by atoms with Crippen molar-refractivity contribution in [2.75, 3.05) is 13.3 Å². The first-order valence-corrected chi connectivity index (χ1v) is 6.53. The molecule has 2 rings (SSSR count). The van der Waals surface area contributed by atoms with Crippen molar-refractivity contribution in [2.24, 2.45) is 0 Å². The molecular weight excluding hydrogens is 228 g/mol. The van der Waals surface area contributed by atoms with E-state index in [2.05, 4.69) is 10.2 Å². The summed E-state index contributed by atoms with van der Waals surface area (Å²) in [5.41, 5.74) is 0.708. The minimum Gasteiger partial charge on any atom is -0.285 e. The van der Waals surface area contributed by atoms with Crippen molar-refractivity contribution < 1.29 is 8.42 Å². The van der Waals surface area contributed by atoms with Gasteiger partial charge in [0.25, 0.3) is 0 Å². The largest absolute Gasteiger partial charge is 0.285 e. The van der Waals surface area contributed by atoms with Crippen LogP contribution in [0.3, 0.4) is 0 Å². The first kappa shape index (κ1) is 11.0. The SMILES string of the molecule is CN(Cc1nnc2ccccn12)S(C)(=O)=O. The van der Waals surface area contributed by atoms with Crippen molar-refractivity contribution in [3.8, 4) is 0 Å². The number of nitrogens with zero attached hydrogens (tertiary/aromatic N) is 4. The molecule has 0 aliphatic rings. The summed E-state index contributed by atoms with van der Waals surface area (Å²) in [7, 11) is -1.68. The van der Waals surface area contributed by atoms with E-state index < -0.39 is 10.0 Å². The number of sulfonamides is 1. The second kappa shape index (κ2) is 3.84. The van der Waals surface area contributed by atoms with Crippen LogP contribution in [0.25, 0.3) is 5.65 Å². The topological polar surface area (TPSA) is 67.6 Å². The Kier molecular flexibility index (Phi) is 2.64. The quantitative estimate of drug-likeness (QED) is 0.764. The Balaban J connectivity index is 2.35. The second-order valence-corrected chi connectivity index (χ2v) is 5.65. The molecular formula is C9H12N4O2S. The molecule has 0 fully saturated rings. The molecule has 0 atom stereocenters. The highest BCUT2D eigenvalue weighted by Crippen LogP contribution is 2.06. The molecule has 0 saturated heterocycles. The average molecular weight is 240 g/mol. The number of hydrogen-bond donors (Lipinski definition) is 0. The third-order valence-electron chi connectivity index (χ3n) is 2.31. The molecule has 2 aromatic rings. The maximum atomic E-state index is 11.3. The monoisotopic (exact) mass is 240 g/mol. The van der Waals surface area contributed by atoms with Crippen LogP contribution in [0.2, 0.25) is 0 Å². The molecule has 0 N–H and O–H groups in total. The fourth-order valence-corrected chi connectivity index (χ4v) is 1.67. The lowest BCUT2D eigenvalue weighted by atomic mass is 10.4. The third kappa shape index (κ3) is 2.05. The third-order valence-corrected chi connectivity index (χ3v) is 3.58. The Morgan fingerprint density at radius 3 is 2.81 bits per heavy atom. The number of pyridine rings is 1. The lowest BCUT2D eigenvalue weighted by Crippen LogP contribution is -2.25. The number of fused-ring (bicyclic) bond motifs is 1. The van der Waals surface area contributed by atoms with Crippen LogP contribution in [0.15, 0.2) is 24.4 Å². The predicted molar refractivity (Wildman–Crippen MR) is 59.3 cm³/mol. The second-order valence-electron chi connectivity index (χ2n) is 3.56. The average Bonchev–Trinajstić information content (AvgIpc) is 2.61. The van der Waals surface area contributed by atoms with Crippen LogP contribution in [0.4, 0.5) is 0 Å². The lowest BCUT2D eigenvalue weighted by molar-refractivity contribution is 0.460. The fourth-order valence-electron chi connectivity index (χ4n) is 1.32. The van der Waals surface area contributed by atoms with E-state index in [-0.39, 0.29) is 6.54 Å². The molecule has 0 bridgehead atoms. The van der Waals surface area contributed by atoms with E-state index in [1.54, 1.807) is 10.6 Å². The van der Waals surface area contributed by atoms with E-state index >= 15 is 0 Å². The Bertz CT molecular complexity index is 605. The van der Waals surface area contributed by atoms with Crippen LogP contribution in [0, 0.1) is 0 Å². The summed E-state index contributed by atoms with van der Waals surface area (Å²) in [5, 5.41) is 7.90. The Morgan fingerprint density at radius 2 is 2.12 bits per heavy atom. The van der Waals surface area contributed by atoms with Gasteiger partial charge in [0.05, 0.1) is 12.8 Å². The maximum Gasteiger partial charge on any atom is 0.211 e. The molecule has 0 aromatic carbocycles. The first-order valence-electron chi connectivity index (χ1n) is 4.68. The van der Waals surface area contributed by atoms with Crippen molar-refractivity contribution in [1.82, 2.24) is 18.9 Å². The van der Waals surface area contributed by atoms with Crippen LogP contribution in [-0.4, -0.2) is 40.6 Å². The van der Waals surface area contributed by atoms with E-state index in [9.17, 15) is 8.42 Å². The Hall–Kier alpha value is -1.47. The van der Waals surface area contributed by atoms with Crippen molar-refractivity contribution in [3.63, 3.8) is 0 Å². The van der Waals surface area contributed by atoms with Crippen LogP contribution in [-0.2, 0) is 16.6 Å². The summed E-state index contributed by atoms with van der Waals surface area (Å²) in [6.07, 6.45) is 2.97. The van der Waals surface area contributed by atoms with E-state index in [0.717, 1.165) is 6.26 Å². The lowest BCUT2D eigenvalue weighted by Gasteiger charge is -2.12. The molecule has 16 heavy (non-hydrogen) atoms. The van der Waals surface area contributed by atoms with E-state index in [1.807, 2.05) is 18.2 Å². The van der Waals surface area contributed by atoms with Gasteiger partial charge < -0.3 is 0 Å². The van der Waals surface area contributed by atoms with Gasteiger partial charge in [-0.3, -0.25) is 4.40 Å². The number of hydrogen-bond acceptors (Lipinski definition) is 4. The molecule has 0 radical (unpaired) electrons. The van der Waals surface area contributed by atoms with Gasteiger partial charge in [0.15, 0.2) is 11.5 Å². The van der Waals surface area contributed by atoms with Crippen molar-refractivity contribution >= 4 is 15.7 Å².